The topological polar surface area (TPSA) is 38.2 Å². The molecular weight excluding hydrogens is 202 g/mol. The van der Waals surface area contributed by atoms with Crippen LogP contribution in [0.4, 0.5) is 5.69 Å². The third-order valence-electron chi connectivity index (χ3n) is 2.16. The minimum Gasteiger partial charge on any atom is -0.364 e. The summed E-state index contributed by atoms with van der Waals surface area (Å²) in [6.45, 7) is 3.54. The number of hydrogen-bond acceptors (Lipinski definition) is 4. The van der Waals surface area contributed by atoms with Gasteiger partial charge in [0.2, 0.25) is 0 Å². The molecule has 1 aliphatic rings. The zero-order valence-electron chi connectivity index (χ0n) is 7.93. The average Bonchev–Trinajstić information content (AvgIpc) is 2.18. The maximum absolute atomic E-state index is 5.96. The van der Waals surface area contributed by atoms with E-state index in [0.717, 1.165) is 12.2 Å². The third kappa shape index (κ3) is 2.13. The highest BCUT2D eigenvalue weighted by molar-refractivity contribution is 6.20. The second kappa shape index (κ2) is 4.11. The molecule has 2 rings (SSSR count). The molecule has 1 aliphatic heterocycles. The number of nitrogens with zero attached hydrogens (tertiary/aromatic N) is 3. The zero-order valence-corrected chi connectivity index (χ0v) is 8.68. The monoisotopic (exact) mass is 213 g/mol. The quantitative estimate of drug-likeness (QED) is 0.659. The van der Waals surface area contributed by atoms with E-state index in [1.54, 1.807) is 12.4 Å². The van der Waals surface area contributed by atoms with Crippen molar-refractivity contribution in [2.45, 2.75) is 18.6 Å². The number of morpholine rings is 1. The van der Waals surface area contributed by atoms with Crippen LogP contribution >= 0.6 is 11.6 Å². The van der Waals surface area contributed by atoms with Gasteiger partial charge in [-0.1, -0.05) is 11.6 Å². The summed E-state index contributed by atoms with van der Waals surface area (Å²) in [6, 6.07) is 1.93. The first-order chi connectivity index (χ1) is 6.75. The zero-order chi connectivity index (χ0) is 9.97. The van der Waals surface area contributed by atoms with Crippen LogP contribution < -0.4 is 4.90 Å². The second-order valence-electron chi connectivity index (χ2n) is 3.36. The maximum Gasteiger partial charge on any atom is 0.148 e. The van der Waals surface area contributed by atoms with E-state index in [-0.39, 0.29) is 11.7 Å². The maximum atomic E-state index is 5.96. The van der Waals surface area contributed by atoms with Crippen molar-refractivity contribution in [2.24, 2.45) is 0 Å². The number of halogens is 1. The van der Waals surface area contributed by atoms with E-state index >= 15 is 0 Å². The average molecular weight is 214 g/mol. The Morgan fingerprint density at radius 2 is 2.36 bits per heavy atom. The van der Waals surface area contributed by atoms with E-state index in [0.29, 0.717) is 6.54 Å². The highest BCUT2D eigenvalue weighted by Crippen LogP contribution is 2.20. The van der Waals surface area contributed by atoms with E-state index in [2.05, 4.69) is 15.1 Å². The molecular formula is C9H12ClN3O. The number of alkyl halides is 1. The smallest absolute Gasteiger partial charge is 0.148 e. The van der Waals surface area contributed by atoms with Crippen LogP contribution in [-0.2, 0) is 4.74 Å². The van der Waals surface area contributed by atoms with Crippen molar-refractivity contribution in [2.75, 3.05) is 18.0 Å². The highest BCUT2D eigenvalue weighted by Gasteiger charge is 2.23. The molecule has 0 N–H and O–H groups in total. The first kappa shape index (κ1) is 9.68. The summed E-state index contributed by atoms with van der Waals surface area (Å²) in [6.07, 6.45) is 3.57. The summed E-state index contributed by atoms with van der Waals surface area (Å²) in [7, 11) is 0. The molecule has 1 fully saturated rings. The van der Waals surface area contributed by atoms with E-state index in [1.165, 1.54) is 0 Å². The first-order valence-corrected chi connectivity index (χ1v) is 5.00. The lowest BCUT2D eigenvalue weighted by Crippen LogP contribution is -2.44. The van der Waals surface area contributed by atoms with E-state index in [1.807, 2.05) is 13.0 Å². The number of aromatic nitrogens is 2. The van der Waals surface area contributed by atoms with Crippen molar-refractivity contribution in [1.82, 2.24) is 10.2 Å². The lowest BCUT2D eigenvalue weighted by atomic mass is 10.3. The second-order valence-corrected chi connectivity index (χ2v) is 3.85. The summed E-state index contributed by atoms with van der Waals surface area (Å²) in [4.78, 5) is 2.15. The van der Waals surface area contributed by atoms with Crippen LogP contribution in [0, 0.1) is 0 Å². The Bertz CT molecular complexity index is 285. The molecule has 4 nitrogen and oxygen atoms in total. The summed E-state index contributed by atoms with van der Waals surface area (Å²) >= 11 is 5.96. The summed E-state index contributed by atoms with van der Waals surface area (Å²) < 4.78 is 5.43. The third-order valence-corrected chi connectivity index (χ3v) is 2.40. The fourth-order valence-electron chi connectivity index (χ4n) is 1.58. The van der Waals surface area contributed by atoms with Crippen LogP contribution in [0.3, 0.4) is 0 Å². The van der Waals surface area contributed by atoms with E-state index in [4.69, 9.17) is 16.3 Å². The van der Waals surface area contributed by atoms with Crippen molar-refractivity contribution in [3.05, 3.63) is 18.5 Å². The van der Waals surface area contributed by atoms with E-state index < -0.39 is 0 Å². The van der Waals surface area contributed by atoms with Gasteiger partial charge in [0.15, 0.2) is 0 Å². The van der Waals surface area contributed by atoms with Crippen molar-refractivity contribution in [3.63, 3.8) is 0 Å². The molecule has 2 heterocycles. The SMILES string of the molecule is CC1CN(c2ccnnc2)CC(Cl)O1. The van der Waals surface area contributed by atoms with Gasteiger partial charge >= 0.3 is 0 Å². The van der Waals surface area contributed by atoms with Crippen LogP contribution in [0.2, 0.25) is 0 Å². The summed E-state index contributed by atoms with van der Waals surface area (Å²) in [5.41, 5.74) is 0.799. The molecule has 1 aromatic rings. The highest BCUT2D eigenvalue weighted by atomic mass is 35.5. The van der Waals surface area contributed by atoms with Gasteiger partial charge in [-0.3, -0.25) is 0 Å². The molecule has 5 heteroatoms. The molecule has 0 aliphatic carbocycles. The normalized spacial score (nSPS) is 27.7. The van der Waals surface area contributed by atoms with Gasteiger partial charge in [0.1, 0.15) is 5.56 Å². The van der Waals surface area contributed by atoms with Gasteiger partial charge in [-0.25, -0.2) is 0 Å². The Morgan fingerprint density at radius 3 is 3.00 bits per heavy atom. The largest absolute Gasteiger partial charge is 0.364 e. The van der Waals surface area contributed by atoms with Gasteiger partial charge in [0.05, 0.1) is 30.7 Å². The number of rotatable bonds is 1. The van der Waals surface area contributed by atoms with Crippen molar-refractivity contribution < 1.29 is 4.74 Å². The Balaban J connectivity index is 2.11. The molecule has 0 amide bonds. The minimum atomic E-state index is -0.244. The molecule has 2 atom stereocenters. The molecule has 14 heavy (non-hydrogen) atoms. The van der Waals surface area contributed by atoms with Crippen LogP contribution in [-0.4, -0.2) is 35.0 Å². The Morgan fingerprint density at radius 1 is 1.50 bits per heavy atom. The molecule has 0 spiro atoms. The van der Waals surface area contributed by atoms with Crippen molar-refractivity contribution in [3.8, 4) is 0 Å². The molecule has 1 saturated heterocycles. The minimum absolute atomic E-state index is 0.152. The van der Waals surface area contributed by atoms with Gasteiger partial charge in [-0.2, -0.15) is 10.2 Å². The molecule has 0 aromatic carbocycles. The number of anilines is 1. The van der Waals surface area contributed by atoms with E-state index in [9.17, 15) is 0 Å². The fraction of sp³-hybridized carbons (Fsp3) is 0.556. The van der Waals surface area contributed by atoms with Gasteiger partial charge in [0, 0.05) is 6.54 Å². The Kier molecular flexibility index (Phi) is 2.84. The van der Waals surface area contributed by atoms with Crippen molar-refractivity contribution >= 4 is 17.3 Å². The molecule has 0 bridgehead atoms. The van der Waals surface area contributed by atoms with Gasteiger partial charge in [-0.05, 0) is 13.0 Å². The number of ether oxygens (including phenoxy) is 1. The molecule has 0 radical (unpaired) electrons. The van der Waals surface area contributed by atoms with Gasteiger partial charge in [-0.15, -0.1) is 0 Å². The Hall–Kier alpha value is -0.870. The molecule has 0 saturated carbocycles. The van der Waals surface area contributed by atoms with Crippen molar-refractivity contribution in [1.29, 1.82) is 0 Å². The lowest BCUT2D eigenvalue weighted by Gasteiger charge is -2.35. The molecule has 76 valence electrons. The predicted octanol–water partition coefficient (Wildman–Crippen LogP) is 1.27. The van der Waals surface area contributed by atoms with Crippen LogP contribution in [0.25, 0.3) is 0 Å². The molecule has 1 aromatic heterocycles. The van der Waals surface area contributed by atoms with Gasteiger partial charge in [0.25, 0.3) is 0 Å². The first-order valence-electron chi connectivity index (χ1n) is 4.57. The standard InChI is InChI=1S/C9H12ClN3O/c1-7-5-13(6-9(10)14-7)8-2-3-11-12-4-8/h2-4,7,9H,5-6H2,1H3. The summed E-state index contributed by atoms with van der Waals surface area (Å²) in [5, 5.41) is 7.57. The van der Waals surface area contributed by atoms with Gasteiger partial charge < -0.3 is 9.64 Å². The Labute approximate surface area is 87.8 Å². The van der Waals surface area contributed by atoms with Crippen LogP contribution in [0.15, 0.2) is 18.5 Å². The molecule has 2 unspecified atom stereocenters. The van der Waals surface area contributed by atoms with Crippen LogP contribution in [0.1, 0.15) is 6.92 Å². The lowest BCUT2D eigenvalue weighted by molar-refractivity contribution is 0.0284. The summed E-state index contributed by atoms with van der Waals surface area (Å²) in [5.74, 6) is 0. The fourth-order valence-corrected chi connectivity index (χ4v) is 1.92. The van der Waals surface area contributed by atoms with Crippen LogP contribution in [0.5, 0.6) is 0 Å². The predicted molar refractivity (Wildman–Crippen MR) is 54.4 cm³/mol. The number of hydrogen-bond donors (Lipinski definition) is 0.